The van der Waals surface area contributed by atoms with Gasteiger partial charge in [-0.1, -0.05) is 29.3 Å². The summed E-state index contributed by atoms with van der Waals surface area (Å²) in [6.45, 7) is 4.37. The first-order chi connectivity index (χ1) is 12.2. The molecule has 0 saturated carbocycles. The van der Waals surface area contributed by atoms with Gasteiger partial charge in [-0.3, -0.25) is 9.59 Å². The summed E-state index contributed by atoms with van der Waals surface area (Å²) in [6.07, 6.45) is 2.57. The number of carbonyl (C=O) groups is 3. The summed E-state index contributed by atoms with van der Waals surface area (Å²) in [7, 11) is 0. The predicted molar refractivity (Wildman–Crippen MR) is 101 cm³/mol. The molecule has 1 heterocycles. The fraction of sp³-hybridized carbons (Fsp3) is 0.211. The van der Waals surface area contributed by atoms with Crippen molar-refractivity contribution < 1.29 is 19.1 Å². The fourth-order valence-corrected chi connectivity index (χ4v) is 3.16. The van der Waals surface area contributed by atoms with Crippen molar-refractivity contribution in [2.75, 3.05) is 6.61 Å². The van der Waals surface area contributed by atoms with E-state index < -0.39 is 18.4 Å². The van der Waals surface area contributed by atoms with Crippen molar-refractivity contribution in [3.63, 3.8) is 0 Å². The zero-order valence-corrected chi connectivity index (χ0v) is 16.0. The van der Waals surface area contributed by atoms with E-state index in [0.717, 1.165) is 6.08 Å². The van der Waals surface area contributed by atoms with E-state index >= 15 is 0 Å². The van der Waals surface area contributed by atoms with E-state index in [0.29, 0.717) is 32.4 Å². The zero-order chi connectivity index (χ0) is 19.4. The van der Waals surface area contributed by atoms with Crippen molar-refractivity contribution >= 4 is 46.8 Å². The second-order valence-corrected chi connectivity index (χ2v) is 6.50. The van der Waals surface area contributed by atoms with Gasteiger partial charge in [0.2, 0.25) is 5.78 Å². The Kier molecular flexibility index (Phi) is 6.40. The number of benzene rings is 1. The van der Waals surface area contributed by atoms with E-state index in [1.54, 1.807) is 32.0 Å². The summed E-state index contributed by atoms with van der Waals surface area (Å²) >= 11 is 12.0. The smallest absolute Gasteiger partial charge is 0.331 e. The van der Waals surface area contributed by atoms with Crippen molar-refractivity contribution in [1.29, 1.82) is 0 Å². The second kappa shape index (κ2) is 8.34. The third-order valence-electron chi connectivity index (χ3n) is 3.80. The molecule has 2 rings (SSSR count). The predicted octanol–water partition coefficient (Wildman–Crippen LogP) is 4.58. The Balaban J connectivity index is 2.04. The summed E-state index contributed by atoms with van der Waals surface area (Å²) < 4.78 is 4.96. The van der Waals surface area contributed by atoms with Crippen molar-refractivity contribution in [3.05, 3.63) is 62.4 Å². The number of carbonyl (C=O) groups excluding carboxylic acids is 3. The van der Waals surface area contributed by atoms with Gasteiger partial charge in [0.05, 0.1) is 5.69 Å². The third kappa shape index (κ3) is 4.42. The van der Waals surface area contributed by atoms with Gasteiger partial charge in [-0.25, -0.2) is 4.79 Å². The molecule has 0 aliphatic rings. The topological polar surface area (TPSA) is 76.2 Å². The highest BCUT2D eigenvalue weighted by atomic mass is 35.5. The van der Waals surface area contributed by atoms with Crippen LogP contribution in [0.2, 0.25) is 10.0 Å². The maximum absolute atomic E-state index is 12.3. The van der Waals surface area contributed by atoms with Crippen LogP contribution >= 0.6 is 23.2 Å². The molecule has 1 aromatic carbocycles. The molecule has 7 heteroatoms. The minimum atomic E-state index is -0.706. The lowest BCUT2D eigenvalue weighted by molar-refractivity contribution is -0.136. The second-order valence-electron chi connectivity index (χ2n) is 5.68. The van der Waals surface area contributed by atoms with Crippen LogP contribution in [0.1, 0.15) is 44.6 Å². The minimum absolute atomic E-state index is 0.133. The number of halogens is 2. The molecule has 136 valence electrons. The number of aromatic amines is 1. The Morgan fingerprint density at radius 3 is 2.31 bits per heavy atom. The van der Waals surface area contributed by atoms with Crippen molar-refractivity contribution in [2.45, 2.75) is 20.8 Å². The van der Waals surface area contributed by atoms with E-state index in [4.69, 9.17) is 27.9 Å². The number of ether oxygens (including phenoxy) is 1. The molecule has 0 spiro atoms. The summed E-state index contributed by atoms with van der Waals surface area (Å²) in [5.74, 6) is -1.26. The number of ketones is 2. The fourth-order valence-electron chi connectivity index (χ4n) is 2.64. The first-order valence-electron chi connectivity index (χ1n) is 7.74. The molecule has 0 fully saturated rings. The molecule has 0 aliphatic carbocycles. The van der Waals surface area contributed by atoms with Gasteiger partial charge in [0.1, 0.15) is 0 Å². The Morgan fingerprint density at radius 1 is 1.15 bits per heavy atom. The molecular weight excluding hydrogens is 377 g/mol. The van der Waals surface area contributed by atoms with Gasteiger partial charge >= 0.3 is 5.97 Å². The maximum Gasteiger partial charge on any atom is 0.331 e. The van der Waals surface area contributed by atoms with Gasteiger partial charge in [0.25, 0.3) is 0 Å². The Bertz CT molecular complexity index is 892. The van der Waals surface area contributed by atoms with Crippen molar-refractivity contribution in [2.24, 2.45) is 0 Å². The van der Waals surface area contributed by atoms with Gasteiger partial charge in [-0.15, -0.1) is 0 Å². The average molecular weight is 394 g/mol. The molecule has 1 aromatic heterocycles. The molecule has 26 heavy (non-hydrogen) atoms. The van der Waals surface area contributed by atoms with Crippen LogP contribution in [0.4, 0.5) is 0 Å². The molecule has 5 nitrogen and oxygen atoms in total. The Hall–Kier alpha value is -2.37. The standard InChI is InChI=1S/C19H17Cl2NO4/c1-10-18(12(3)23)11(2)22-19(10)16(24)9-26-17(25)8-7-13-14(20)5-4-6-15(13)21/h4-8,22H,9H2,1-3H3/b8-7+. The number of hydrogen-bond acceptors (Lipinski definition) is 4. The minimum Gasteiger partial charge on any atom is -0.454 e. The molecule has 0 unspecified atom stereocenters. The lowest BCUT2D eigenvalue weighted by Gasteiger charge is -2.03. The lowest BCUT2D eigenvalue weighted by Crippen LogP contribution is -2.14. The summed E-state index contributed by atoms with van der Waals surface area (Å²) in [4.78, 5) is 38.6. The van der Waals surface area contributed by atoms with E-state index in [1.807, 2.05) is 0 Å². The van der Waals surface area contributed by atoms with Crippen LogP contribution in [0.5, 0.6) is 0 Å². The molecule has 0 aliphatic heterocycles. The SMILES string of the molecule is CC(=O)c1c(C)[nH]c(C(=O)COC(=O)/C=C/c2c(Cl)cccc2Cl)c1C. The van der Waals surface area contributed by atoms with Crippen LogP contribution in [0, 0.1) is 13.8 Å². The van der Waals surface area contributed by atoms with Crippen LogP contribution in [0.3, 0.4) is 0 Å². The van der Waals surface area contributed by atoms with E-state index in [9.17, 15) is 14.4 Å². The first-order valence-corrected chi connectivity index (χ1v) is 8.50. The number of hydrogen-bond donors (Lipinski definition) is 1. The summed E-state index contributed by atoms with van der Waals surface area (Å²) in [5, 5.41) is 0.791. The summed E-state index contributed by atoms with van der Waals surface area (Å²) in [6, 6.07) is 4.98. The van der Waals surface area contributed by atoms with E-state index in [1.165, 1.54) is 13.0 Å². The van der Waals surface area contributed by atoms with Crippen molar-refractivity contribution in [3.8, 4) is 0 Å². The van der Waals surface area contributed by atoms with Crippen LogP contribution in [0.25, 0.3) is 6.08 Å². The molecule has 0 radical (unpaired) electrons. The first kappa shape index (κ1) is 19.9. The van der Waals surface area contributed by atoms with Crippen molar-refractivity contribution in [1.82, 2.24) is 4.98 Å². The van der Waals surface area contributed by atoms with Gasteiger partial charge in [0.15, 0.2) is 12.4 Å². The Labute approximate surface area is 160 Å². The quantitative estimate of drug-likeness (QED) is 0.442. The number of nitrogens with one attached hydrogen (secondary N) is 1. The van der Waals surface area contributed by atoms with Crippen LogP contribution in [-0.2, 0) is 9.53 Å². The number of esters is 1. The number of rotatable bonds is 6. The molecular formula is C19H17Cl2NO4. The van der Waals surface area contributed by atoms with Crippen LogP contribution in [0.15, 0.2) is 24.3 Å². The number of H-pyrrole nitrogens is 1. The Morgan fingerprint density at radius 2 is 1.77 bits per heavy atom. The highest BCUT2D eigenvalue weighted by Crippen LogP contribution is 2.25. The largest absolute Gasteiger partial charge is 0.454 e. The van der Waals surface area contributed by atoms with E-state index in [2.05, 4.69) is 4.98 Å². The van der Waals surface area contributed by atoms with Crippen LogP contribution < -0.4 is 0 Å². The lowest BCUT2D eigenvalue weighted by atomic mass is 10.1. The number of Topliss-reactive ketones (excluding diaryl/α,β-unsaturated/α-hetero) is 2. The highest BCUT2D eigenvalue weighted by molar-refractivity contribution is 6.37. The van der Waals surface area contributed by atoms with Crippen LogP contribution in [-0.4, -0.2) is 29.1 Å². The van der Waals surface area contributed by atoms with Gasteiger partial charge in [-0.05, 0) is 44.5 Å². The number of aromatic nitrogens is 1. The maximum atomic E-state index is 12.3. The molecule has 0 bridgehead atoms. The normalized spacial score (nSPS) is 11.0. The average Bonchev–Trinajstić information content (AvgIpc) is 2.86. The zero-order valence-electron chi connectivity index (χ0n) is 14.5. The van der Waals surface area contributed by atoms with Gasteiger partial charge in [-0.2, -0.15) is 0 Å². The third-order valence-corrected chi connectivity index (χ3v) is 4.46. The number of aryl methyl sites for hydroxylation is 1. The molecule has 0 atom stereocenters. The monoisotopic (exact) mass is 393 g/mol. The van der Waals surface area contributed by atoms with Gasteiger partial charge in [0, 0.05) is 32.9 Å². The highest BCUT2D eigenvalue weighted by Gasteiger charge is 2.20. The summed E-state index contributed by atoms with van der Waals surface area (Å²) in [5.41, 5.74) is 2.39. The van der Waals surface area contributed by atoms with Gasteiger partial charge < -0.3 is 9.72 Å². The van der Waals surface area contributed by atoms with E-state index in [-0.39, 0.29) is 11.5 Å². The molecule has 0 saturated heterocycles. The molecule has 0 amide bonds. The molecule has 2 aromatic rings. The molecule has 1 N–H and O–H groups in total.